The van der Waals surface area contributed by atoms with Gasteiger partial charge in [0.25, 0.3) is 0 Å². The Morgan fingerprint density at radius 2 is 2.17 bits per heavy atom. The monoisotopic (exact) mass is 306 g/mol. The summed E-state index contributed by atoms with van der Waals surface area (Å²) < 4.78 is 0.877. The van der Waals surface area contributed by atoms with E-state index in [-0.39, 0.29) is 18.1 Å². The predicted molar refractivity (Wildman–Crippen MR) is 73.4 cm³/mol. The lowest BCUT2D eigenvalue weighted by Crippen LogP contribution is -2.15. The van der Waals surface area contributed by atoms with Gasteiger partial charge in [0, 0.05) is 16.1 Å². The number of halogens is 1. The molecule has 5 heteroatoms. The van der Waals surface area contributed by atoms with Crippen LogP contribution in [-0.4, -0.2) is 16.7 Å². The number of amides is 1. The average molecular weight is 307 g/mol. The molecule has 0 aliphatic carbocycles. The number of carbonyl (C=O) groups is 2. The second-order valence-electron chi connectivity index (χ2n) is 3.96. The minimum Gasteiger partial charge on any atom is -0.324 e. The van der Waals surface area contributed by atoms with Gasteiger partial charge in [-0.1, -0.05) is 12.1 Å². The predicted octanol–water partition coefficient (Wildman–Crippen LogP) is 2.91. The SMILES string of the molecule is CC(=O)CC(=O)Nc1cccc2cc(Br)cnc12. The van der Waals surface area contributed by atoms with Crippen LogP contribution in [0.5, 0.6) is 0 Å². The second kappa shape index (κ2) is 5.27. The van der Waals surface area contributed by atoms with Crippen LogP contribution in [0.4, 0.5) is 5.69 Å². The molecule has 92 valence electrons. The van der Waals surface area contributed by atoms with E-state index in [0.29, 0.717) is 11.2 Å². The number of hydrogen-bond donors (Lipinski definition) is 1. The molecule has 0 aliphatic rings. The van der Waals surface area contributed by atoms with Crippen molar-refractivity contribution in [1.29, 1.82) is 0 Å². The smallest absolute Gasteiger partial charge is 0.231 e. The number of rotatable bonds is 3. The first-order chi connectivity index (χ1) is 8.56. The van der Waals surface area contributed by atoms with Gasteiger partial charge in [0.15, 0.2) is 0 Å². The quantitative estimate of drug-likeness (QED) is 0.887. The molecule has 0 atom stereocenters. The zero-order chi connectivity index (χ0) is 13.1. The molecule has 0 saturated carbocycles. The third-order valence-corrected chi connectivity index (χ3v) is 2.79. The highest BCUT2D eigenvalue weighted by Gasteiger charge is 2.08. The molecule has 1 amide bonds. The van der Waals surface area contributed by atoms with Crippen molar-refractivity contribution in [3.05, 3.63) is 34.9 Å². The summed E-state index contributed by atoms with van der Waals surface area (Å²) >= 11 is 3.35. The molecule has 4 nitrogen and oxygen atoms in total. The van der Waals surface area contributed by atoms with Crippen molar-refractivity contribution in [1.82, 2.24) is 4.98 Å². The molecule has 1 aromatic carbocycles. The number of benzene rings is 1. The van der Waals surface area contributed by atoms with Crippen molar-refractivity contribution < 1.29 is 9.59 Å². The fraction of sp³-hybridized carbons (Fsp3) is 0.154. The normalized spacial score (nSPS) is 10.3. The maximum absolute atomic E-state index is 11.6. The van der Waals surface area contributed by atoms with Crippen LogP contribution in [0.1, 0.15) is 13.3 Å². The Hall–Kier alpha value is -1.75. The number of Topliss-reactive ketones (excluding diaryl/α,β-unsaturated/α-hetero) is 1. The highest BCUT2D eigenvalue weighted by atomic mass is 79.9. The van der Waals surface area contributed by atoms with Crippen LogP contribution in [0.25, 0.3) is 10.9 Å². The van der Waals surface area contributed by atoms with Gasteiger partial charge in [-0.05, 0) is 35.0 Å². The van der Waals surface area contributed by atoms with Crippen LogP contribution in [-0.2, 0) is 9.59 Å². The molecule has 0 unspecified atom stereocenters. The van der Waals surface area contributed by atoms with Gasteiger partial charge in [0.1, 0.15) is 5.78 Å². The Morgan fingerprint density at radius 1 is 1.39 bits per heavy atom. The molecule has 1 heterocycles. The summed E-state index contributed by atoms with van der Waals surface area (Å²) in [5.74, 6) is -0.483. The molecule has 1 aromatic heterocycles. The fourth-order valence-electron chi connectivity index (χ4n) is 1.66. The number of nitrogens with zero attached hydrogens (tertiary/aromatic N) is 1. The molecule has 0 bridgehead atoms. The van der Waals surface area contributed by atoms with Gasteiger partial charge in [-0.15, -0.1) is 0 Å². The first-order valence-corrected chi connectivity index (χ1v) is 6.19. The molecule has 0 saturated heterocycles. The number of ketones is 1. The minimum absolute atomic E-state index is 0.118. The van der Waals surface area contributed by atoms with E-state index in [9.17, 15) is 9.59 Å². The summed E-state index contributed by atoms with van der Waals surface area (Å²) in [6.07, 6.45) is 1.55. The Morgan fingerprint density at radius 3 is 2.89 bits per heavy atom. The summed E-state index contributed by atoms with van der Waals surface area (Å²) in [6.45, 7) is 1.39. The Balaban J connectivity index is 2.34. The zero-order valence-corrected chi connectivity index (χ0v) is 11.3. The van der Waals surface area contributed by atoms with E-state index in [0.717, 1.165) is 9.86 Å². The number of fused-ring (bicyclic) bond motifs is 1. The van der Waals surface area contributed by atoms with Crippen molar-refractivity contribution in [2.24, 2.45) is 0 Å². The van der Waals surface area contributed by atoms with E-state index in [1.54, 1.807) is 12.3 Å². The van der Waals surface area contributed by atoms with E-state index in [2.05, 4.69) is 26.2 Å². The molecular weight excluding hydrogens is 296 g/mol. The fourth-order valence-corrected chi connectivity index (χ4v) is 2.00. The first-order valence-electron chi connectivity index (χ1n) is 5.40. The number of anilines is 1. The standard InChI is InChI=1S/C13H11BrN2O2/c1-8(17)5-12(18)16-11-4-2-3-9-6-10(14)7-15-13(9)11/h2-4,6-7H,5H2,1H3,(H,16,18). The molecule has 2 aromatic rings. The lowest BCUT2D eigenvalue weighted by atomic mass is 10.2. The molecule has 0 aliphatic heterocycles. The summed E-state index contributed by atoms with van der Waals surface area (Å²) in [4.78, 5) is 26.7. The summed E-state index contributed by atoms with van der Waals surface area (Å²) in [5.41, 5.74) is 1.32. The molecule has 0 spiro atoms. The third kappa shape index (κ3) is 2.92. The van der Waals surface area contributed by atoms with E-state index in [1.165, 1.54) is 6.92 Å². The number of para-hydroxylation sites is 1. The number of carbonyl (C=O) groups excluding carboxylic acids is 2. The van der Waals surface area contributed by atoms with Crippen molar-refractivity contribution in [3.8, 4) is 0 Å². The number of aromatic nitrogens is 1. The van der Waals surface area contributed by atoms with E-state index < -0.39 is 0 Å². The van der Waals surface area contributed by atoms with Crippen LogP contribution in [0, 0.1) is 0 Å². The van der Waals surface area contributed by atoms with E-state index >= 15 is 0 Å². The van der Waals surface area contributed by atoms with Gasteiger partial charge in [-0.3, -0.25) is 14.6 Å². The van der Waals surface area contributed by atoms with Crippen molar-refractivity contribution in [3.63, 3.8) is 0 Å². The maximum atomic E-state index is 11.6. The largest absolute Gasteiger partial charge is 0.324 e. The van der Waals surface area contributed by atoms with Gasteiger partial charge in [0.05, 0.1) is 17.6 Å². The Kier molecular flexibility index (Phi) is 3.72. The molecule has 18 heavy (non-hydrogen) atoms. The lowest BCUT2D eigenvalue weighted by Gasteiger charge is -2.07. The highest BCUT2D eigenvalue weighted by molar-refractivity contribution is 9.10. The molecular formula is C13H11BrN2O2. The number of pyridine rings is 1. The van der Waals surface area contributed by atoms with Gasteiger partial charge >= 0.3 is 0 Å². The topological polar surface area (TPSA) is 59.1 Å². The summed E-state index contributed by atoms with van der Waals surface area (Å²) in [6, 6.07) is 7.43. The van der Waals surface area contributed by atoms with Gasteiger partial charge < -0.3 is 5.32 Å². The van der Waals surface area contributed by atoms with Crippen LogP contribution < -0.4 is 5.32 Å². The molecule has 0 fully saturated rings. The van der Waals surface area contributed by atoms with Gasteiger partial charge in [-0.2, -0.15) is 0 Å². The number of hydrogen-bond acceptors (Lipinski definition) is 3. The van der Waals surface area contributed by atoms with Crippen molar-refractivity contribution in [2.45, 2.75) is 13.3 Å². The van der Waals surface area contributed by atoms with Crippen molar-refractivity contribution >= 4 is 44.2 Å². The first kappa shape index (κ1) is 12.7. The number of nitrogens with one attached hydrogen (secondary N) is 1. The van der Waals surface area contributed by atoms with Crippen LogP contribution in [0.2, 0.25) is 0 Å². The highest BCUT2D eigenvalue weighted by Crippen LogP contribution is 2.23. The van der Waals surface area contributed by atoms with Crippen LogP contribution >= 0.6 is 15.9 Å². The van der Waals surface area contributed by atoms with Crippen LogP contribution in [0.15, 0.2) is 34.9 Å². The van der Waals surface area contributed by atoms with Crippen molar-refractivity contribution in [2.75, 3.05) is 5.32 Å². The lowest BCUT2D eigenvalue weighted by molar-refractivity contribution is -0.124. The minimum atomic E-state index is -0.320. The molecule has 0 radical (unpaired) electrons. The van der Waals surface area contributed by atoms with E-state index in [1.807, 2.05) is 18.2 Å². The van der Waals surface area contributed by atoms with Gasteiger partial charge in [-0.25, -0.2) is 0 Å². The Bertz CT molecular complexity index is 625. The summed E-state index contributed by atoms with van der Waals surface area (Å²) in [7, 11) is 0. The van der Waals surface area contributed by atoms with E-state index in [4.69, 9.17) is 0 Å². The Labute approximate surface area is 113 Å². The maximum Gasteiger partial charge on any atom is 0.231 e. The van der Waals surface area contributed by atoms with Crippen LogP contribution in [0.3, 0.4) is 0 Å². The molecule has 2 rings (SSSR count). The average Bonchev–Trinajstić information content (AvgIpc) is 2.27. The molecule has 1 N–H and O–H groups in total. The second-order valence-corrected chi connectivity index (χ2v) is 4.87. The van der Waals surface area contributed by atoms with Gasteiger partial charge in [0.2, 0.25) is 5.91 Å². The third-order valence-electron chi connectivity index (χ3n) is 2.36. The summed E-state index contributed by atoms with van der Waals surface area (Å²) in [5, 5.41) is 3.62. The zero-order valence-electron chi connectivity index (χ0n) is 9.74.